The molecule has 166 valence electrons. The van der Waals surface area contributed by atoms with E-state index >= 15 is 0 Å². The SMILES string of the molecule is [C-]#[N+]c1ccc(CC(=O)[C@@](C)(O)C(C)N(CCC)c2ccc(C)cc2)cc1C(F)(F)F. The summed E-state index contributed by atoms with van der Waals surface area (Å²) in [6, 6.07) is 10.3. The molecule has 0 aliphatic carbocycles. The van der Waals surface area contributed by atoms with Crippen molar-refractivity contribution in [3.63, 3.8) is 0 Å². The molecule has 0 aliphatic heterocycles. The van der Waals surface area contributed by atoms with Gasteiger partial charge in [0.2, 0.25) is 0 Å². The molecule has 0 radical (unpaired) electrons. The molecule has 31 heavy (non-hydrogen) atoms. The molecular weight excluding hydrogens is 405 g/mol. The third-order valence-electron chi connectivity index (χ3n) is 5.53. The van der Waals surface area contributed by atoms with Crippen LogP contribution in [0, 0.1) is 13.5 Å². The van der Waals surface area contributed by atoms with Crippen LogP contribution in [0.3, 0.4) is 0 Å². The molecule has 0 saturated heterocycles. The third kappa shape index (κ3) is 5.65. The van der Waals surface area contributed by atoms with E-state index in [9.17, 15) is 23.1 Å². The minimum absolute atomic E-state index is 0.106. The first-order valence-electron chi connectivity index (χ1n) is 10.1. The maximum absolute atomic E-state index is 13.2. The Bertz CT molecular complexity index is 960. The van der Waals surface area contributed by atoms with Crippen LogP contribution < -0.4 is 4.90 Å². The number of nitrogens with zero attached hydrogens (tertiary/aromatic N) is 2. The molecule has 2 aromatic rings. The van der Waals surface area contributed by atoms with E-state index < -0.39 is 34.9 Å². The van der Waals surface area contributed by atoms with E-state index in [-0.39, 0.29) is 12.0 Å². The maximum Gasteiger partial charge on any atom is 0.407 e. The standard InChI is InChI=1S/C24H27F3N2O2/c1-6-13-29(19-10-7-16(2)8-11-19)17(3)23(4,31)22(30)15-18-9-12-21(28-5)20(14-18)24(25,26)27/h7-12,14,17,31H,6,13,15H2,1-4H3/t17?,23-/m0/s1. The van der Waals surface area contributed by atoms with Crippen molar-refractivity contribution in [2.24, 2.45) is 0 Å². The first-order valence-corrected chi connectivity index (χ1v) is 10.1. The van der Waals surface area contributed by atoms with Gasteiger partial charge in [-0.05, 0) is 44.9 Å². The first kappa shape index (κ1) is 24.4. The number of hydrogen-bond acceptors (Lipinski definition) is 3. The Morgan fingerprint density at radius 3 is 2.32 bits per heavy atom. The lowest BCUT2D eigenvalue weighted by Gasteiger charge is -2.39. The average Bonchev–Trinajstić information content (AvgIpc) is 2.71. The fraction of sp³-hybridized carbons (Fsp3) is 0.417. The Morgan fingerprint density at radius 2 is 1.81 bits per heavy atom. The zero-order valence-electron chi connectivity index (χ0n) is 18.1. The van der Waals surface area contributed by atoms with Crippen molar-refractivity contribution in [1.29, 1.82) is 0 Å². The highest BCUT2D eigenvalue weighted by Crippen LogP contribution is 2.37. The summed E-state index contributed by atoms with van der Waals surface area (Å²) >= 11 is 0. The predicted molar refractivity (Wildman–Crippen MR) is 115 cm³/mol. The highest BCUT2D eigenvalue weighted by atomic mass is 19.4. The van der Waals surface area contributed by atoms with E-state index in [1.54, 1.807) is 6.92 Å². The average molecular weight is 432 g/mol. The first-order chi connectivity index (χ1) is 14.4. The van der Waals surface area contributed by atoms with Crippen molar-refractivity contribution in [3.05, 3.63) is 70.6 Å². The Labute approximate surface area is 181 Å². The molecule has 0 aromatic heterocycles. The minimum atomic E-state index is -4.70. The lowest BCUT2D eigenvalue weighted by molar-refractivity contribution is -0.138. The molecule has 0 amide bonds. The molecule has 2 atom stereocenters. The topological polar surface area (TPSA) is 44.9 Å². The largest absolute Gasteiger partial charge is 0.407 e. The van der Waals surface area contributed by atoms with E-state index in [0.29, 0.717) is 6.54 Å². The van der Waals surface area contributed by atoms with E-state index in [1.807, 2.05) is 43.0 Å². The van der Waals surface area contributed by atoms with Gasteiger partial charge < -0.3 is 10.0 Å². The number of carbonyl (C=O) groups excluding carboxylic acids is 1. The van der Waals surface area contributed by atoms with Gasteiger partial charge in [0.25, 0.3) is 0 Å². The van der Waals surface area contributed by atoms with Crippen LogP contribution in [-0.4, -0.2) is 29.1 Å². The highest BCUT2D eigenvalue weighted by molar-refractivity contribution is 5.90. The molecule has 4 nitrogen and oxygen atoms in total. The van der Waals surface area contributed by atoms with Crippen LogP contribution in [0.5, 0.6) is 0 Å². The number of benzene rings is 2. The quantitative estimate of drug-likeness (QED) is 0.542. The molecule has 1 unspecified atom stereocenters. The van der Waals surface area contributed by atoms with Crippen LogP contribution in [0.1, 0.15) is 43.9 Å². The minimum Gasteiger partial charge on any atom is -0.380 e. The summed E-state index contributed by atoms with van der Waals surface area (Å²) in [6.07, 6.45) is -4.28. The van der Waals surface area contributed by atoms with E-state index in [0.717, 1.165) is 29.8 Å². The van der Waals surface area contributed by atoms with Gasteiger partial charge in [-0.3, -0.25) is 4.79 Å². The second kappa shape index (κ2) is 9.52. The van der Waals surface area contributed by atoms with Crippen LogP contribution in [0.4, 0.5) is 24.5 Å². The van der Waals surface area contributed by atoms with Crippen LogP contribution in [0.15, 0.2) is 42.5 Å². The van der Waals surface area contributed by atoms with Crippen molar-refractivity contribution >= 4 is 17.2 Å². The van der Waals surface area contributed by atoms with Gasteiger partial charge in [0, 0.05) is 18.7 Å². The zero-order valence-corrected chi connectivity index (χ0v) is 18.1. The zero-order chi connectivity index (χ0) is 23.4. The molecule has 0 aliphatic rings. The van der Waals surface area contributed by atoms with Crippen molar-refractivity contribution in [3.8, 4) is 0 Å². The molecule has 0 fully saturated rings. The van der Waals surface area contributed by atoms with Gasteiger partial charge >= 0.3 is 6.18 Å². The van der Waals surface area contributed by atoms with E-state index in [4.69, 9.17) is 6.57 Å². The number of rotatable bonds is 8. The predicted octanol–water partition coefficient (Wildman–Crippen LogP) is 5.73. The van der Waals surface area contributed by atoms with Crippen LogP contribution in [0.2, 0.25) is 0 Å². The van der Waals surface area contributed by atoms with Gasteiger partial charge in [0.15, 0.2) is 11.5 Å². The number of alkyl halides is 3. The Morgan fingerprint density at radius 1 is 1.19 bits per heavy atom. The Balaban J connectivity index is 2.30. The number of ketones is 1. The molecule has 0 bridgehead atoms. The van der Waals surface area contributed by atoms with Gasteiger partial charge in [-0.15, -0.1) is 0 Å². The smallest absolute Gasteiger partial charge is 0.380 e. The molecule has 0 spiro atoms. The Kier molecular flexibility index (Phi) is 7.50. The number of carbonyl (C=O) groups is 1. The van der Waals surface area contributed by atoms with E-state index in [2.05, 4.69) is 4.85 Å². The summed E-state index contributed by atoms with van der Waals surface area (Å²) in [7, 11) is 0. The van der Waals surface area contributed by atoms with Crippen LogP contribution >= 0.6 is 0 Å². The number of hydrogen-bond donors (Lipinski definition) is 1. The van der Waals surface area contributed by atoms with Crippen molar-refractivity contribution in [2.75, 3.05) is 11.4 Å². The van der Waals surface area contributed by atoms with Gasteiger partial charge in [0.1, 0.15) is 5.60 Å². The van der Waals surface area contributed by atoms with Gasteiger partial charge in [-0.2, -0.15) is 13.2 Å². The van der Waals surface area contributed by atoms with Crippen LogP contribution in [-0.2, 0) is 17.4 Å². The summed E-state index contributed by atoms with van der Waals surface area (Å²) in [4.78, 5) is 17.8. The number of aryl methyl sites for hydroxylation is 1. The summed E-state index contributed by atoms with van der Waals surface area (Å²) < 4.78 is 39.7. The van der Waals surface area contributed by atoms with Crippen LogP contribution in [0.25, 0.3) is 4.85 Å². The highest BCUT2D eigenvalue weighted by Gasteiger charge is 2.40. The molecule has 0 saturated carbocycles. The van der Waals surface area contributed by atoms with Crippen molar-refractivity contribution < 1.29 is 23.1 Å². The number of Topliss-reactive ketones (excluding diaryl/α,β-unsaturated/α-hetero) is 1. The number of halogens is 3. The number of aliphatic hydroxyl groups is 1. The summed E-state index contributed by atoms with van der Waals surface area (Å²) in [5.74, 6) is -0.586. The van der Waals surface area contributed by atoms with Gasteiger partial charge in [-0.1, -0.05) is 42.8 Å². The normalized spacial score (nSPS) is 14.4. The second-order valence-corrected chi connectivity index (χ2v) is 7.91. The maximum atomic E-state index is 13.2. The van der Waals surface area contributed by atoms with Gasteiger partial charge in [0.05, 0.1) is 18.2 Å². The van der Waals surface area contributed by atoms with E-state index in [1.165, 1.54) is 13.0 Å². The fourth-order valence-corrected chi connectivity index (χ4v) is 3.44. The lowest BCUT2D eigenvalue weighted by Crippen LogP contribution is -2.55. The second-order valence-electron chi connectivity index (χ2n) is 7.91. The monoisotopic (exact) mass is 432 g/mol. The lowest BCUT2D eigenvalue weighted by atomic mass is 9.87. The summed E-state index contributed by atoms with van der Waals surface area (Å²) in [5, 5.41) is 11.1. The Hall–Kier alpha value is -2.85. The summed E-state index contributed by atoms with van der Waals surface area (Å²) in [6.45, 7) is 14.6. The fourth-order valence-electron chi connectivity index (χ4n) is 3.44. The summed E-state index contributed by atoms with van der Waals surface area (Å²) in [5.41, 5.74) is -1.34. The molecule has 2 rings (SSSR count). The molecular formula is C24H27F3N2O2. The molecule has 7 heteroatoms. The van der Waals surface area contributed by atoms with Crippen molar-refractivity contribution in [2.45, 2.75) is 58.4 Å². The number of anilines is 1. The van der Waals surface area contributed by atoms with Gasteiger partial charge in [-0.25, -0.2) is 4.85 Å². The van der Waals surface area contributed by atoms with Crippen molar-refractivity contribution in [1.82, 2.24) is 0 Å². The molecule has 2 aromatic carbocycles. The third-order valence-corrected chi connectivity index (χ3v) is 5.53. The molecule has 1 N–H and O–H groups in total. The molecule has 0 heterocycles.